The first kappa shape index (κ1) is 58.8. The maximum atomic E-state index is 6.39. The van der Waals surface area contributed by atoms with Gasteiger partial charge in [0.2, 0.25) is 0 Å². The quantitative estimate of drug-likeness (QED) is 0.0442. The molecular formula is C55H109NO7. The van der Waals surface area contributed by atoms with Crippen LogP contribution in [0.3, 0.4) is 0 Å². The predicted molar refractivity (Wildman–Crippen MR) is 266 cm³/mol. The highest BCUT2D eigenvalue weighted by Gasteiger charge is 2.51. The van der Waals surface area contributed by atoms with Crippen LogP contribution in [-0.2, 0) is 33.2 Å². The summed E-state index contributed by atoms with van der Waals surface area (Å²) in [6, 6.07) is 0. The maximum Gasteiger partial charge on any atom is 0.164 e. The molecule has 2 aliphatic rings. The van der Waals surface area contributed by atoms with Crippen molar-refractivity contribution >= 4 is 0 Å². The molecule has 0 amide bonds. The minimum Gasteiger partial charge on any atom is -0.379 e. The van der Waals surface area contributed by atoms with Crippen molar-refractivity contribution in [2.45, 2.75) is 302 Å². The van der Waals surface area contributed by atoms with Gasteiger partial charge in [-0.05, 0) is 79.4 Å². The third-order valence-electron chi connectivity index (χ3n) is 13.5. The van der Waals surface area contributed by atoms with Crippen LogP contribution in [-0.4, -0.2) is 94.2 Å². The molecular weight excluding hydrogens is 787 g/mol. The average molecular weight is 896 g/mol. The lowest BCUT2D eigenvalue weighted by Gasteiger charge is -2.30. The SMILES string of the molecule is CCCCCCCCCCCCCCCCCCN(CCCCCCCCCCCCCCCCCC)CCCCCOC[C@@H]1OC(C)(C)O[C@H]1[C@@H](OCOC)[C@H]1COC(C)(C)O1. The normalized spacial score (nSPS) is 20.1. The van der Waals surface area contributed by atoms with E-state index < -0.39 is 17.7 Å². The molecule has 0 bridgehead atoms. The summed E-state index contributed by atoms with van der Waals surface area (Å²) < 4.78 is 42.5. The minimum absolute atomic E-state index is 0.148. The van der Waals surface area contributed by atoms with Crippen LogP contribution in [0, 0.1) is 0 Å². The van der Waals surface area contributed by atoms with Crippen molar-refractivity contribution in [1.82, 2.24) is 4.90 Å². The van der Waals surface area contributed by atoms with Gasteiger partial charge in [0.15, 0.2) is 11.6 Å². The highest BCUT2D eigenvalue weighted by Crippen LogP contribution is 2.36. The Balaban J connectivity index is 1.64. The van der Waals surface area contributed by atoms with Crippen LogP contribution in [0.15, 0.2) is 0 Å². The number of methoxy groups -OCH3 is 1. The van der Waals surface area contributed by atoms with Crippen LogP contribution >= 0.6 is 0 Å². The monoisotopic (exact) mass is 896 g/mol. The first-order valence-electron chi connectivity index (χ1n) is 27.8. The second-order valence-corrected chi connectivity index (χ2v) is 20.6. The van der Waals surface area contributed by atoms with Crippen molar-refractivity contribution in [2.75, 3.05) is 53.4 Å². The zero-order valence-electron chi connectivity index (χ0n) is 43.3. The van der Waals surface area contributed by atoms with Crippen molar-refractivity contribution in [3.63, 3.8) is 0 Å². The van der Waals surface area contributed by atoms with E-state index in [1.54, 1.807) is 7.11 Å². The summed E-state index contributed by atoms with van der Waals surface area (Å²) in [5, 5.41) is 0. The van der Waals surface area contributed by atoms with Gasteiger partial charge in [0, 0.05) is 13.7 Å². The number of unbranched alkanes of at least 4 members (excludes halogenated alkanes) is 32. The van der Waals surface area contributed by atoms with E-state index in [1.165, 1.54) is 238 Å². The minimum atomic E-state index is -0.731. The van der Waals surface area contributed by atoms with Gasteiger partial charge in [0.05, 0.1) is 13.2 Å². The van der Waals surface area contributed by atoms with Crippen LogP contribution in [0.1, 0.15) is 266 Å². The molecule has 0 N–H and O–H groups in total. The Hall–Kier alpha value is -0.320. The number of nitrogens with zero attached hydrogens (tertiary/aromatic N) is 1. The molecule has 0 aromatic carbocycles. The second kappa shape index (κ2) is 39.7. The van der Waals surface area contributed by atoms with Gasteiger partial charge in [-0.15, -0.1) is 0 Å². The second-order valence-electron chi connectivity index (χ2n) is 20.6. The smallest absolute Gasteiger partial charge is 0.164 e. The molecule has 63 heavy (non-hydrogen) atoms. The molecule has 8 nitrogen and oxygen atoms in total. The van der Waals surface area contributed by atoms with Gasteiger partial charge in [-0.3, -0.25) is 0 Å². The van der Waals surface area contributed by atoms with E-state index in [2.05, 4.69) is 18.7 Å². The van der Waals surface area contributed by atoms with Crippen LogP contribution in [0.5, 0.6) is 0 Å². The molecule has 0 aromatic rings. The molecule has 2 aliphatic heterocycles. The van der Waals surface area contributed by atoms with E-state index in [4.69, 9.17) is 33.2 Å². The third kappa shape index (κ3) is 32.1. The van der Waals surface area contributed by atoms with Crippen molar-refractivity contribution in [2.24, 2.45) is 0 Å². The van der Waals surface area contributed by atoms with E-state index >= 15 is 0 Å². The average Bonchev–Trinajstić information content (AvgIpc) is 3.78. The lowest BCUT2D eigenvalue weighted by atomic mass is 10.0. The van der Waals surface area contributed by atoms with E-state index in [9.17, 15) is 0 Å². The Kier molecular flexibility index (Phi) is 37.0. The standard InChI is InChI=1S/C55H109NO7/c1-8-10-12-14-16-18-20-22-24-26-28-30-32-34-36-39-43-56(44-40-37-35-33-31-29-27-25-23-21-19-17-15-13-11-9-2)45-41-38-42-46-58-47-50-53(63-55(5,6)62-50)52(59-49-57-7)51-48-60-54(3,4)61-51/h50-53H,8-49H2,1-7H3/t50-,51+,52-,53+/m0/s1. The fourth-order valence-corrected chi connectivity index (χ4v) is 9.73. The molecule has 2 saturated heterocycles. The molecule has 0 aromatic heterocycles. The topological polar surface area (TPSA) is 67.9 Å². The van der Waals surface area contributed by atoms with Crippen molar-refractivity contribution in [3.8, 4) is 0 Å². The van der Waals surface area contributed by atoms with Gasteiger partial charge in [0.1, 0.15) is 31.2 Å². The van der Waals surface area contributed by atoms with Gasteiger partial charge in [-0.2, -0.15) is 0 Å². The zero-order valence-corrected chi connectivity index (χ0v) is 43.3. The predicted octanol–water partition coefficient (Wildman–Crippen LogP) is 15.7. The number of rotatable bonds is 47. The summed E-state index contributed by atoms with van der Waals surface area (Å²) in [5.41, 5.74) is 0. The summed E-state index contributed by atoms with van der Waals surface area (Å²) in [7, 11) is 1.63. The molecule has 376 valence electrons. The molecule has 0 radical (unpaired) electrons. The van der Waals surface area contributed by atoms with Crippen LogP contribution in [0.2, 0.25) is 0 Å². The molecule has 0 aliphatic carbocycles. The number of hydrogen-bond donors (Lipinski definition) is 0. The number of hydrogen-bond acceptors (Lipinski definition) is 8. The molecule has 2 fully saturated rings. The van der Waals surface area contributed by atoms with E-state index in [1.807, 2.05) is 27.7 Å². The summed E-state index contributed by atoms with van der Waals surface area (Å²) in [6.45, 7) is 17.9. The Labute approximate surface area is 392 Å². The van der Waals surface area contributed by atoms with E-state index in [-0.39, 0.29) is 25.1 Å². The van der Waals surface area contributed by atoms with E-state index in [0.29, 0.717) is 13.2 Å². The Morgan fingerprint density at radius 3 is 1.22 bits per heavy atom. The summed E-state index contributed by atoms with van der Waals surface area (Å²) in [5.74, 6) is -1.39. The maximum absolute atomic E-state index is 6.39. The van der Waals surface area contributed by atoms with E-state index in [0.717, 1.165) is 13.0 Å². The third-order valence-corrected chi connectivity index (χ3v) is 13.5. The first-order valence-corrected chi connectivity index (χ1v) is 27.8. The molecule has 2 heterocycles. The fraction of sp³-hybridized carbons (Fsp3) is 1.00. The van der Waals surface area contributed by atoms with Gasteiger partial charge >= 0.3 is 0 Å². The Bertz CT molecular complexity index is 945. The fourth-order valence-electron chi connectivity index (χ4n) is 9.73. The van der Waals surface area contributed by atoms with Crippen LogP contribution in [0.4, 0.5) is 0 Å². The van der Waals surface area contributed by atoms with Gasteiger partial charge < -0.3 is 38.1 Å². The molecule has 0 saturated carbocycles. The molecule has 4 atom stereocenters. The van der Waals surface area contributed by atoms with Crippen molar-refractivity contribution < 1.29 is 33.2 Å². The van der Waals surface area contributed by atoms with Crippen molar-refractivity contribution in [3.05, 3.63) is 0 Å². The van der Waals surface area contributed by atoms with Gasteiger partial charge in [0.25, 0.3) is 0 Å². The summed E-state index contributed by atoms with van der Waals surface area (Å²) >= 11 is 0. The Morgan fingerprint density at radius 2 is 0.857 bits per heavy atom. The highest BCUT2D eigenvalue weighted by molar-refractivity contribution is 4.93. The van der Waals surface area contributed by atoms with Gasteiger partial charge in [-0.25, -0.2) is 0 Å². The largest absolute Gasteiger partial charge is 0.379 e. The zero-order chi connectivity index (χ0) is 45.5. The molecule has 0 spiro atoms. The Morgan fingerprint density at radius 1 is 0.476 bits per heavy atom. The molecule has 2 rings (SSSR count). The number of ether oxygens (including phenoxy) is 7. The molecule has 8 heteroatoms. The van der Waals surface area contributed by atoms with Crippen molar-refractivity contribution in [1.29, 1.82) is 0 Å². The van der Waals surface area contributed by atoms with Crippen LogP contribution in [0.25, 0.3) is 0 Å². The van der Waals surface area contributed by atoms with Crippen LogP contribution < -0.4 is 0 Å². The van der Waals surface area contributed by atoms with Gasteiger partial charge in [-0.1, -0.05) is 206 Å². The highest BCUT2D eigenvalue weighted by atomic mass is 16.8. The summed E-state index contributed by atoms with van der Waals surface area (Å²) in [6.07, 6.45) is 47.9. The summed E-state index contributed by atoms with van der Waals surface area (Å²) in [4.78, 5) is 2.79. The lowest BCUT2D eigenvalue weighted by molar-refractivity contribution is -0.204. The molecule has 0 unspecified atom stereocenters. The first-order chi connectivity index (χ1) is 30.7. The lowest BCUT2D eigenvalue weighted by Crippen LogP contribution is -2.48.